The Balaban J connectivity index is 1.11. The summed E-state index contributed by atoms with van der Waals surface area (Å²) in [5.41, 5.74) is 3.33. The first-order chi connectivity index (χ1) is 20.5. The lowest BCUT2D eigenvalue weighted by Gasteiger charge is -2.42. The molecule has 0 spiro atoms. The molecule has 0 bridgehead atoms. The summed E-state index contributed by atoms with van der Waals surface area (Å²) in [4.78, 5) is 18.0. The van der Waals surface area contributed by atoms with Crippen LogP contribution in [0.5, 0.6) is 11.5 Å². The lowest BCUT2D eigenvalue weighted by Crippen LogP contribution is -2.50. The largest absolute Gasteiger partial charge is 0.494 e. The van der Waals surface area contributed by atoms with Crippen molar-refractivity contribution in [1.29, 1.82) is 0 Å². The quantitative estimate of drug-likeness (QED) is 0.234. The Labute approximate surface area is 258 Å². The Hall–Kier alpha value is -2.93. The summed E-state index contributed by atoms with van der Waals surface area (Å²) in [5, 5.41) is 5.02. The van der Waals surface area contributed by atoms with Crippen molar-refractivity contribution in [2.45, 2.75) is 62.9 Å². The molecule has 3 aliphatic rings. The molecule has 222 valence electrons. The van der Waals surface area contributed by atoms with Crippen LogP contribution in [0.25, 0.3) is 0 Å². The van der Waals surface area contributed by atoms with Crippen molar-refractivity contribution in [3.05, 3.63) is 87.9 Å². The van der Waals surface area contributed by atoms with E-state index in [2.05, 4.69) is 28.4 Å². The van der Waals surface area contributed by atoms with Crippen LogP contribution in [-0.4, -0.2) is 54.7 Å². The minimum Gasteiger partial charge on any atom is -0.494 e. The molecule has 6 nitrogen and oxygen atoms in total. The van der Waals surface area contributed by atoms with Gasteiger partial charge in [-0.3, -0.25) is 4.90 Å². The number of fused-ring (bicyclic) bond motifs is 3. The van der Waals surface area contributed by atoms with E-state index in [1.807, 2.05) is 29.2 Å². The number of nitrogens with zero attached hydrogens (tertiary/aromatic N) is 2. The molecule has 6 rings (SSSR count). The van der Waals surface area contributed by atoms with E-state index in [0.717, 1.165) is 34.9 Å². The minimum absolute atomic E-state index is 0.00249. The standard InChI is InChI=1S/C34H39Cl2N3O3/c35-25-9-14-28(15-10-25)42-34(40)39-21-17-29-30-23-26(36)11-16-31(30)37-32(29)33(39)24-7-12-27(13-8-24)41-22-6-2-1-3-18-38-19-4-5-20-38/h7-16,23,29,32-33,37H,1-6,17-22H2. The van der Waals surface area contributed by atoms with Crippen LogP contribution in [0, 0.1) is 0 Å². The van der Waals surface area contributed by atoms with Gasteiger partial charge in [-0.15, -0.1) is 0 Å². The molecular formula is C34H39Cl2N3O3. The highest BCUT2D eigenvalue weighted by Crippen LogP contribution is 2.49. The lowest BCUT2D eigenvalue weighted by atomic mass is 9.81. The predicted molar refractivity (Wildman–Crippen MR) is 169 cm³/mol. The van der Waals surface area contributed by atoms with E-state index < -0.39 is 0 Å². The Bertz CT molecular complexity index is 1350. The van der Waals surface area contributed by atoms with E-state index in [0.29, 0.717) is 23.9 Å². The number of rotatable bonds is 10. The monoisotopic (exact) mass is 607 g/mol. The zero-order valence-corrected chi connectivity index (χ0v) is 25.5. The van der Waals surface area contributed by atoms with Gasteiger partial charge < -0.3 is 19.7 Å². The highest BCUT2D eigenvalue weighted by Gasteiger charge is 2.46. The molecule has 3 aromatic carbocycles. The third-order valence-corrected chi connectivity index (χ3v) is 9.32. The molecule has 2 fully saturated rings. The molecule has 42 heavy (non-hydrogen) atoms. The lowest BCUT2D eigenvalue weighted by molar-refractivity contribution is 0.102. The number of carbonyl (C=O) groups excluding carboxylic acids is 1. The van der Waals surface area contributed by atoms with Crippen molar-refractivity contribution in [2.75, 3.05) is 38.1 Å². The first-order valence-corrected chi connectivity index (χ1v) is 16.1. The van der Waals surface area contributed by atoms with Gasteiger partial charge >= 0.3 is 6.09 Å². The fourth-order valence-electron chi connectivity index (χ4n) is 6.69. The van der Waals surface area contributed by atoms with Crippen molar-refractivity contribution < 1.29 is 14.3 Å². The normalized spacial score (nSPS) is 21.5. The third-order valence-electron chi connectivity index (χ3n) is 8.84. The predicted octanol–water partition coefficient (Wildman–Crippen LogP) is 8.55. The molecule has 0 aromatic heterocycles. The van der Waals surface area contributed by atoms with Crippen molar-refractivity contribution >= 4 is 35.0 Å². The number of benzene rings is 3. The fourth-order valence-corrected chi connectivity index (χ4v) is 7.00. The Kier molecular flexibility index (Phi) is 9.43. The van der Waals surface area contributed by atoms with Crippen LogP contribution in [0.3, 0.4) is 0 Å². The Morgan fingerprint density at radius 2 is 1.55 bits per heavy atom. The molecule has 0 radical (unpaired) electrons. The number of hydrogen-bond acceptors (Lipinski definition) is 5. The van der Waals surface area contributed by atoms with Gasteiger partial charge in [0.1, 0.15) is 11.5 Å². The van der Waals surface area contributed by atoms with E-state index in [4.69, 9.17) is 32.7 Å². The number of amides is 1. The van der Waals surface area contributed by atoms with Crippen LogP contribution in [0.1, 0.15) is 68.0 Å². The van der Waals surface area contributed by atoms with Gasteiger partial charge in [-0.2, -0.15) is 0 Å². The molecule has 1 amide bonds. The maximum absolute atomic E-state index is 13.5. The Morgan fingerprint density at radius 1 is 0.833 bits per heavy atom. The van der Waals surface area contributed by atoms with Gasteiger partial charge in [-0.1, -0.05) is 48.2 Å². The highest BCUT2D eigenvalue weighted by atomic mass is 35.5. The molecule has 3 unspecified atom stereocenters. The second kappa shape index (κ2) is 13.6. The zero-order chi connectivity index (χ0) is 28.9. The van der Waals surface area contributed by atoms with E-state index in [9.17, 15) is 4.79 Å². The molecule has 0 aliphatic carbocycles. The molecule has 3 heterocycles. The first kappa shape index (κ1) is 29.2. The molecule has 3 aliphatic heterocycles. The van der Waals surface area contributed by atoms with Gasteiger partial charge in [0.25, 0.3) is 0 Å². The Morgan fingerprint density at radius 3 is 2.33 bits per heavy atom. The summed E-state index contributed by atoms with van der Waals surface area (Å²) in [6, 6.07) is 20.9. The molecule has 1 N–H and O–H groups in total. The smallest absolute Gasteiger partial charge is 0.415 e. The summed E-state index contributed by atoms with van der Waals surface area (Å²) in [6.07, 6.45) is 7.95. The summed E-state index contributed by atoms with van der Waals surface area (Å²) >= 11 is 12.4. The van der Waals surface area contributed by atoms with Gasteiger partial charge in [0.2, 0.25) is 0 Å². The maximum Gasteiger partial charge on any atom is 0.415 e. The molecule has 3 atom stereocenters. The van der Waals surface area contributed by atoms with Gasteiger partial charge in [0, 0.05) is 28.2 Å². The average Bonchev–Trinajstić information content (AvgIpc) is 3.65. The van der Waals surface area contributed by atoms with Crippen molar-refractivity contribution in [3.8, 4) is 11.5 Å². The molecule has 2 saturated heterocycles. The van der Waals surface area contributed by atoms with Crippen LogP contribution >= 0.6 is 23.2 Å². The van der Waals surface area contributed by atoms with Crippen molar-refractivity contribution in [2.24, 2.45) is 0 Å². The maximum atomic E-state index is 13.5. The van der Waals surface area contributed by atoms with Crippen molar-refractivity contribution in [1.82, 2.24) is 9.80 Å². The molecular weight excluding hydrogens is 569 g/mol. The van der Waals surface area contributed by atoms with Gasteiger partial charge in [-0.25, -0.2) is 4.79 Å². The number of likely N-dealkylation sites (tertiary alicyclic amines) is 2. The van der Waals surface area contributed by atoms with Gasteiger partial charge in [0.15, 0.2) is 0 Å². The van der Waals surface area contributed by atoms with Crippen LogP contribution in [0.15, 0.2) is 66.7 Å². The van der Waals surface area contributed by atoms with E-state index in [1.165, 1.54) is 57.3 Å². The number of piperidine rings is 1. The second-order valence-corrected chi connectivity index (χ2v) is 12.5. The second-order valence-electron chi connectivity index (χ2n) is 11.6. The number of halogens is 2. The summed E-state index contributed by atoms with van der Waals surface area (Å²) in [7, 11) is 0. The fraction of sp³-hybridized carbons (Fsp3) is 0.441. The van der Waals surface area contributed by atoms with E-state index in [1.54, 1.807) is 24.3 Å². The third kappa shape index (κ3) is 6.82. The number of anilines is 1. The highest BCUT2D eigenvalue weighted by molar-refractivity contribution is 6.31. The number of nitrogens with one attached hydrogen (secondary N) is 1. The number of ether oxygens (including phenoxy) is 2. The molecule has 0 saturated carbocycles. The minimum atomic E-state index is -0.374. The zero-order valence-electron chi connectivity index (χ0n) is 23.9. The average molecular weight is 609 g/mol. The number of hydrogen-bond donors (Lipinski definition) is 1. The van der Waals surface area contributed by atoms with E-state index >= 15 is 0 Å². The molecule has 8 heteroatoms. The number of carbonyl (C=O) groups is 1. The van der Waals surface area contributed by atoms with Crippen LogP contribution in [-0.2, 0) is 0 Å². The summed E-state index contributed by atoms with van der Waals surface area (Å²) < 4.78 is 11.9. The SMILES string of the molecule is O=C(Oc1ccc(Cl)cc1)N1CCC2c3cc(Cl)ccc3NC2C1c1ccc(OCCCCCCN2CCCC2)cc1. The molecule has 3 aromatic rings. The van der Waals surface area contributed by atoms with Crippen LogP contribution in [0.4, 0.5) is 10.5 Å². The first-order valence-electron chi connectivity index (χ1n) is 15.3. The van der Waals surface area contributed by atoms with Crippen LogP contribution in [0.2, 0.25) is 10.0 Å². The van der Waals surface area contributed by atoms with Crippen molar-refractivity contribution in [3.63, 3.8) is 0 Å². The number of unbranched alkanes of at least 4 members (excludes halogenated alkanes) is 3. The van der Waals surface area contributed by atoms with E-state index in [-0.39, 0.29) is 24.1 Å². The van der Waals surface area contributed by atoms with Crippen LogP contribution < -0.4 is 14.8 Å². The topological polar surface area (TPSA) is 54.0 Å². The summed E-state index contributed by atoms with van der Waals surface area (Å²) in [6.45, 7) is 5.08. The van der Waals surface area contributed by atoms with Gasteiger partial charge in [-0.05, 0) is 117 Å². The summed E-state index contributed by atoms with van der Waals surface area (Å²) in [5.74, 6) is 1.57. The van der Waals surface area contributed by atoms with Gasteiger partial charge in [0.05, 0.1) is 18.7 Å².